The molecule has 2 aromatic carbocycles. The molecule has 0 aliphatic carbocycles. The minimum absolute atomic E-state index is 0.0928. The lowest BCUT2D eigenvalue weighted by Gasteiger charge is -2.39. The van der Waals surface area contributed by atoms with Gasteiger partial charge in [0.2, 0.25) is 5.91 Å². The average molecular weight is 476 g/mol. The number of carbonyl (C=O) groups is 1. The predicted molar refractivity (Wildman–Crippen MR) is 129 cm³/mol. The van der Waals surface area contributed by atoms with Crippen molar-refractivity contribution in [2.24, 2.45) is 0 Å². The van der Waals surface area contributed by atoms with Crippen molar-refractivity contribution in [2.75, 3.05) is 18.4 Å². The molecule has 1 aliphatic heterocycles. The van der Waals surface area contributed by atoms with Crippen molar-refractivity contribution < 1.29 is 23.4 Å². The van der Waals surface area contributed by atoms with E-state index in [0.29, 0.717) is 5.56 Å². The van der Waals surface area contributed by atoms with Crippen molar-refractivity contribution in [3.63, 3.8) is 0 Å². The van der Waals surface area contributed by atoms with Crippen molar-refractivity contribution in [1.29, 1.82) is 0 Å². The van der Waals surface area contributed by atoms with Crippen LogP contribution in [0.2, 0.25) is 0 Å². The van der Waals surface area contributed by atoms with Gasteiger partial charge in [0.1, 0.15) is 23.0 Å². The number of aliphatic hydroxyl groups is 1. The Balaban J connectivity index is 1.76. The van der Waals surface area contributed by atoms with Gasteiger partial charge < -0.3 is 25.8 Å². The predicted octanol–water partition coefficient (Wildman–Crippen LogP) is 3.87. The first-order chi connectivity index (χ1) is 15.8. The number of hydrogen-bond acceptors (Lipinski definition) is 5. The van der Waals surface area contributed by atoms with E-state index in [1.54, 1.807) is 0 Å². The minimum Gasteiger partial charge on any atom is -0.488 e. The summed E-state index contributed by atoms with van der Waals surface area (Å²) in [4.78, 5) is 11.8. The van der Waals surface area contributed by atoms with Gasteiger partial charge in [0, 0.05) is 37.3 Å². The van der Waals surface area contributed by atoms with Gasteiger partial charge in [-0.2, -0.15) is 0 Å². The van der Waals surface area contributed by atoms with E-state index in [1.165, 1.54) is 19.1 Å². The highest BCUT2D eigenvalue weighted by Gasteiger charge is 2.34. The fourth-order valence-electron chi connectivity index (χ4n) is 4.32. The number of carbonyl (C=O) groups excluding carboxylic acids is 1. The van der Waals surface area contributed by atoms with Gasteiger partial charge in [-0.05, 0) is 82.0 Å². The highest BCUT2D eigenvalue weighted by molar-refractivity contribution is 5.73. The van der Waals surface area contributed by atoms with E-state index in [0.717, 1.165) is 36.0 Å². The summed E-state index contributed by atoms with van der Waals surface area (Å²) in [7, 11) is 0. The summed E-state index contributed by atoms with van der Waals surface area (Å²) >= 11 is 0. The number of anilines is 1. The molecule has 8 heteroatoms. The van der Waals surface area contributed by atoms with E-state index in [1.807, 2.05) is 39.0 Å². The van der Waals surface area contributed by atoms with Gasteiger partial charge in [0.25, 0.3) is 0 Å². The van der Waals surface area contributed by atoms with Crippen molar-refractivity contribution in [3.8, 4) is 5.75 Å². The van der Waals surface area contributed by atoms with Gasteiger partial charge in [-0.1, -0.05) is 0 Å². The maximum atomic E-state index is 13.6. The molecule has 0 fully saturated rings. The van der Waals surface area contributed by atoms with Crippen molar-refractivity contribution in [1.82, 2.24) is 10.6 Å². The standard InChI is InChI=1S/C26H35F2N3O3/c1-16(32)31-23(12-17-10-18(27)13-19(28)11-17)24(33)15-30-26(5)8-9-29-22-7-6-20(14-21(22)26)34-25(2,3)4/h6-7,10-11,13-14,23-24,29-30,33H,8-9,12,15H2,1-5H3,(H,31,32)/t23-,24-,26?/m0/s1. The van der Waals surface area contributed by atoms with Crippen LogP contribution in [0.3, 0.4) is 0 Å². The van der Waals surface area contributed by atoms with Crippen LogP contribution in [0.5, 0.6) is 5.75 Å². The molecule has 6 nitrogen and oxygen atoms in total. The largest absolute Gasteiger partial charge is 0.488 e. The third kappa shape index (κ3) is 6.90. The van der Waals surface area contributed by atoms with Crippen LogP contribution in [0, 0.1) is 11.6 Å². The number of hydrogen-bond donors (Lipinski definition) is 4. The van der Waals surface area contributed by atoms with Crippen LogP contribution in [0.1, 0.15) is 52.2 Å². The second-order valence-corrected chi connectivity index (χ2v) is 10.2. The molecule has 3 atom stereocenters. The monoisotopic (exact) mass is 475 g/mol. The Bertz CT molecular complexity index is 1000. The smallest absolute Gasteiger partial charge is 0.217 e. The first-order valence-corrected chi connectivity index (χ1v) is 11.6. The van der Waals surface area contributed by atoms with Gasteiger partial charge in [-0.25, -0.2) is 8.78 Å². The lowest BCUT2D eigenvalue weighted by Crippen LogP contribution is -2.53. The maximum absolute atomic E-state index is 13.6. The van der Waals surface area contributed by atoms with Crippen LogP contribution >= 0.6 is 0 Å². The number of benzene rings is 2. The van der Waals surface area contributed by atoms with Crippen LogP contribution in [-0.4, -0.2) is 41.9 Å². The van der Waals surface area contributed by atoms with Gasteiger partial charge in [0.05, 0.1) is 12.1 Å². The third-order valence-corrected chi connectivity index (χ3v) is 5.88. The normalized spacial score (nSPS) is 19.5. The first-order valence-electron chi connectivity index (χ1n) is 11.6. The third-order valence-electron chi connectivity index (χ3n) is 5.88. The summed E-state index contributed by atoms with van der Waals surface area (Å²) in [6.45, 7) is 10.3. The molecule has 0 saturated heterocycles. The number of ether oxygens (including phenoxy) is 1. The van der Waals surface area contributed by atoms with Crippen LogP contribution in [-0.2, 0) is 16.8 Å². The number of rotatable bonds is 8. The van der Waals surface area contributed by atoms with Crippen LogP contribution in [0.15, 0.2) is 36.4 Å². The van der Waals surface area contributed by atoms with E-state index in [9.17, 15) is 18.7 Å². The summed E-state index contributed by atoms with van der Waals surface area (Å²) in [5.41, 5.74) is 1.59. The van der Waals surface area contributed by atoms with E-state index in [4.69, 9.17) is 4.74 Å². The summed E-state index contributed by atoms with van der Waals surface area (Å²) < 4.78 is 33.3. The molecule has 0 spiro atoms. The van der Waals surface area contributed by atoms with Gasteiger partial charge in [-0.15, -0.1) is 0 Å². The lowest BCUT2D eigenvalue weighted by atomic mass is 9.84. The lowest BCUT2D eigenvalue weighted by molar-refractivity contribution is -0.120. The molecular formula is C26H35F2N3O3. The van der Waals surface area contributed by atoms with Crippen LogP contribution in [0.4, 0.5) is 14.5 Å². The quantitative estimate of drug-likeness (QED) is 0.466. The maximum Gasteiger partial charge on any atom is 0.217 e. The second-order valence-electron chi connectivity index (χ2n) is 10.2. The Hall–Kier alpha value is -2.71. The van der Waals surface area contributed by atoms with Crippen LogP contribution < -0.4 is 20.7 Å². The fraction of sp³-hybridized carbons (Fsp3) is 0.500. The fourth-order valence-corrected chi connectivity index (χ4v) is 4.32. The molecule has 0 aromatic heterocycles. The zero-order valence-electron chi connectivity index (χ0n) is 20.5. The van der Waals surface area contributed by atoms with Crippen molar-refractivity contribution in [3.05, 3.63) is 59.2 Å². The second kappa shape index (κ2) is 10.3. The number of amides is 1. The molecule has 1 unspecified atom stereocenters. The van der Waals surface area contributed by atoms with Crippen molar-refractivity contribution in [2.45, 2.75) is 70.7 Å². The summed E-state index contributed by atoms with van der Waals surface area (Å²) in [6.07, 6.45) is -0.124. The van der Waals surface area contributed by atoms with E-state index in [-0.39, 0.29) is 24.5 Å². The average Bonchev–Trinajstić information content (AvgIpc) is 2.70. The number of nitrogens with one attached hydrogen (secondary N) is 3. The molecule has 2 aromatic rings. The molecule has 1 amide bonds. The Labute approximate surface area is 200 Å². The Morgan fingerprint density at radius 3 is 2.50 bits per heavy atom. The zero-order valence-corrected chi connectivity index (χ0v) is 20.5. The highest BCUT2D eigenvalue weighted by atomic mass is 19.1. The topological polar surface area (TPSA) is 82.6 Å². The summed E-state index contributed by atoms with van der Waals surface area (Å²) in [6, 6.07) is 8.42. The van der Waals surface area contributed by atoms with Gasteiger partial charge in [-0.3, -0.25) is 4.79 Å². The molecule has 34 heavy (non-hydrogen) atoms. The summed E-state index contributed by atoms with van der Waals surface area (Å²) in [5.74, 6) is -0.969. The van der Waals surface area contributed by atoms with E-state index >= 15 is 0 Å². The molecule has 0 bridgehead atoms. The molecular weight excluding hydrogens is 440 g/mol. The minimum atomic E-state index is -0.987. The Kier molecular flexibility index (Phi) is 7.83. The van der Waals surface area contributed by atoms with E-state index in [2.05, 4.69) is 22.9 Å². The SMILES string of the molecule is CC(=O)N[C@@H](Cc1cc(F)cc(F)c1)[C@@H](O)CNC1(C)CCNc2ccc(OC(C)(C)C)cc21. The number of fused-ring (bicyclic) bond motifs is 1. The van der Waals surface area contributed by atoms with Gasteiger partial charge in [0.15, 0.2) is 0 Å². The molecule has 3 rings (SSSR count). The molecule has 0 saturated carbocycles. The molecule has 1 aliphatic rings. The van der Waals surface area contributed by atoms with Gasteiger partial charge >= 0.3 is 0 Å². The number of halogens is 2. The summed E-state index contributed by atoms with van der Waals surface area (Å²) in [5, 5.41) is 20.5. The number of aliphatic hydroxyl groups excluding tert-OH is 1. The molecule has 1 heterocycles. The molecule has 0 radical (unpaired) electrons. The molecule has 186 valence electrons. The first kappa shape index (κ1) is 25.9. The van der Waals surface area contributed by atoms with Crippen molar-refractivity contribution >= 4 is 11.6 Å². The van der Waals surface area contributed by atoms with E-state index < -0.39 is 29.3 Å². The Morgan fingerprint density at radius 2 is 1.88 bits per heavy atom. The molecule has 4 N–H and O–H groups in total. The van der Waals surface area contributed by atoms with Crippen LogP contribution in [0.25, 0.3) is 0 Å². The highest BCUT2D eigenvalue weighted by Crippen LogP contribution is 2.38. The Morgan fingerprint density at radius 1 is 1.21 bits per heavy atom. The zero-order chi connectivity index (χ0) is 25.1.